The zero-order chi connectivity index (χ0) is 14.9. The van der Waals surface area contributed by atoms with Gasteiger partial charge in [-0.3, -0.25) is 0 Å². The van der Waals surface area contributed by atoms with Gasteiger partial charge < -0.3 is 9.30 Å². The third-order valence-electron chi connectivity index (χ3n) is 2.96. The van der Waals surface area contributed by atoms with E-state index in [2.05, 4.69) is 47.2 Å². The van der Waals surface area contributed by atoms with E-state index >= 15 is 0 Å². The first-order valence-electron chi connectivity index (χ1n) is 6.36. The lowest BCUT2D eigenvalue weighted by molar-refractivity contribution is 0.0904. The van der Waals surface area contributed by atoms with Crippen molar-refractivity contribution in [3.05, 3.63) is 26.0 Å². The Balaban J connectivity index is 2.14. The third kappa shape index (κ3) is 4.10. The van der Waals surface area contributed by atoms with Crippen LogP contribution in [-0.2, 0) is 11.5 Å². The Morgan fingerprint density at radius 3 is 2.65 bits per heavy atom. The van der Waals surface area contributed by atoms with Crippen molar-refractivity contribution in [3.63, 3.8) is 0 Å². The molecule has 0 N–H and O–H groups in total. The SMILES string of the molecule is C[Si](C)(C)CCOCn1c(Cl)cc2nc(Cl)c(I)cc21. The number of fused-ring (bicyclic) bond motifs is 1. The molecule has 0 atom stereocenters. The summed E-state index contributed by atoms with van der Waals surface area (Å²) in [7, 11) is -1.06. The van der Waals surface area contributed by atoms with Gasteiger partial charge in [-0.15, -0.1) is 0 Å². The molecule has 0 fully saturated rings. The third-order valence-corrected chi connectivity index (χ3v) is 6.41. The average Bonchev–Trinajstić information content (AvgIpc) is 2.60. The molecule has 2 heterocycles. The fourth-order valence-electron chi connectivity index (χ4n) is 1.76. The van der Waals surface area contributed by atoms with E-state index in [4.69, 9.17) is 27.9 Å². The number of nitrogens with zero attached hydrogens (tertiary/aromatic N) is 2. The Bertz CT molecular complexity index is 625. The average molecular weight is 443 g/mol. The van der Waals surface area contributed by atoms with E-state index in [-0.39, 0.29) is 0 Å². The van der Waals surface area contributed by atoms with E-state index < -0.39 is 8.07 Å². The molecular formula is C13H17Cl2IN2OSi. The predicted octanol–water partition coefficient (Wildman–Crippen LogP) is 5.26. The molecule has 7 heteroatoms. The number of hydrogen-bond acceptors (Lipinski definition) is 2. The lowest BCUT2D eigenvalue weighted by Gasteiger charge is -2.16. The van der Waals surface area contributed by atoms with Gasteiger partial charge in [0.1, 0.15) is 17.0 Å². The molecule has 0 saturated heterocycles. The van der Waals surface area contributed by atoms with Gasteiger partial charge in [0.25, 0.3) is 0 Å². The molecule has 0 saturated carbocycles. The van der Waals surface area contributed by atoms with Gasteiger partial charge in [-0.1, -0.05) is 42.8 Å². The summed E-state index contributed by atoms with van der Waals surface area (Å²) >= 11 is 14.4. The molecule has 0 radical (unpaired) electrons. The second-order valence-corrected chi connectivity index (χ2v) is 13.4. The van der Waals surface area contributed by atoms with E-state index in [0.717, 1.165) is 27.3 Å². The topological polar surface area (TPSA) is 27.1 Å². The monoisotopic (exact) mass is 442 g/mol. The van der Waals surface area contributed by atoms with Gasteiger partial charge >= 0.3 is 0 Å². The minimum atomic E-state index is -1.06. The normalized spacial score (nSPS) is 12.3. The molecule has 2 aromatic rings. The van der Waals surface area contributed by atoms with Crippen molar-refractivity contribution in [1.29, 1.82) is 0 Å². The zero-order valence-corrected chi connectivity index (χ0v) is 16.4. The molecule has 2 rings (SSSR count). The molecular weight excluding hydrogens is 426 g/mol. The number of ether oxygens (including phenoxy) is 1. The molecule has 0 amide bonds. The van der Waals surface area contributed by atoms with Gasteiger partial charge in [-0.05, 0) is 34.7 Å². The van der Waals surface area contributed by atoms with Gasteiger partial charge in [-0.25, -0.2) is 4.98 Å². The summed E-state index contributed by atoms with van der Waals surface area (Å²) < 4.78 is 8.60. The van der Waals surface area contributed by atoms with Crippen LogP contribution in [0.25, 0.3) is 11.0 Å². The summed E-state index contributed by atoms with van der Waals surface area (Å²) in [6.45, 7) is 8.23. The number of rotatable bonds is 5. The van der Waals surface area contributed by atoms with Crippen molar-refractivity contribution in [3.8, 4) is 0 Å². The molecule has 3 nitrogen and oxygen atoms in total. The fourth-order valence-corrected chi connectivity index (χ4v) is 3.32. The van der Waals surface area contributed by atoms with Crippen LogP contribution in [0.3, 0.4) is 0 Å². The van der Waals surface area contributed by atoms with Crippen LogP contribution in [0.1, 0.15) is 0 Å². The van der Waals surface area contributed by atoms with Gasteiger partial charge in [-0.2, -0.15) is 0 Å². The lowest BCUT2D eigenvalue weighted by Crippen LogP contribution is -2.22. The van der Waals surface area contributed by atoms with Crippen LogP contribution in [0.2, 0.25) is 36.0 Å². The quantitative estimate of drug-likeness (QED) is 0.273. The molecule has 0 unspecified atom stereocenters. The lowest BCUT2D eigenvalue weighted by atomic mass is 10.4. The van der Waals surface area contributed by atoms with Crippen molar-refractivity contribution in [2.45, 2.75) is 32.4 Å². The van der Waals surface area contributed by atoms with E-state index in [0.29, 0.717) is 17.0 Å². The molecule has 0 aromatic carbocycles. The number of hydrogen-bond donors (Lipinski definition) is 0. The van der Waals surface area contributed by atoms with Crippen molar-refractivity contribution in [2.75, 3.05) is 6.61 Å². The Hall–Kier alpha value is 0.177. The van der Waals surface area contributed by atoms with E-state index in [1.54, 1.807) is 0 Å². The highest BCUT2D eigenvalue weighted by atomic mass is 127. The molecule has 0 aliphatic heterocycles. The first kappa shape index (κ1) is 16.5. The molecule has 0 bridgehead atoms. The van der Waals surface area contributed by atoms with Crippen molar-refractivity contribution in [1.82, 2.24) is 9.55 Å². The zero-order valence-electron chi connectivity index (χ0n) is 11.7. The number of halogens is 3. The van der Waals surface area contributed by atoms with E-state index in [1.165, 1.54) is 0 Å². The Morgan fingerprint density at radius 2 is 2.00 bits per heavy atom. The summed E-state index contributed by atoms with van der Waals surface area (Å²) in [5.74, 6) is 0. The second kappa shape index (κ2) is 6.52. The molecule has 0 aliphatic rings. The van der Waals surface area contributed by atoms with Crippen LogP contribution in [0.15, 0.2) is 12.1 Å². The van der Waals surface area contributed by atoms with Crippen LogP contribution >= 0.6 is 45.8 Å². The van der Waals surface area contributed by atoms with E-state index in [1.807, 2.05) is 16.7 Å². The van der Waals surface area contributed by atoms with E-state index in [9.17, 15) is 0 Å². The van der Waals surface area contributed by atoms with Crippen LogP contribution in [-0.4, -0.2) is 24.2 Å². The molecule has 20 heavy (non-hydrogen) atoms. The molecule has 110 valence electrons. The maximum atomic E-state index is 6.25. The predicted molar refractivity (Wildman–Crippen MR) is 96.6 cm³/mol. The number of pyridine rings is 1. The maximum Gasteiger partial charge on any atom is 0.143 e. The summed E-state index contributed by atoms with van der Waals surface area (Å²) in [4.78, 5) is 4.33. The molecule has 2 aromatic heterocycles. The highest BCUT2D eigenvalue weighted by Crippen LogP contribution is 2.27. The van der Waals surface area contributed by atoms with Crippen LogP contribution < -0.4 is 0 Å². The van der Waals surface area contributed by atoms with Gasteiger partial charge in [0.15, 0.2) is 0 Å². The minimum Gasteiger partial charge on any atom is -0.361 e. The molecule has 0 aliphatic carbocycles. The Kier molecular flexibility index (Phi) is 5.39. The van der Waals surface area contributed by atoms with Crippen molar-refractivity contribution in [2.24, 2.45) is 0 Å². The highest BCUT2D eigenvalue weighted by molar-refractivity contribution is 14.1. The van der Waals surface area contributed by atoms with Crippen molar-refractivity contribution >= 4 is 64.9 Å². The van der Waals surface area contributed by atoms with Crippen LogP contribution in [0.5, 0.6) is 0 Å². The summed E-state index contributed by atoms with van der Waals surface area (Å²) in [6, 6.07) is 4.95. The van der Waals surface area contributed by atoms with Gasteiger partial charge in [0, 0.05) is 20.7 Å². The summed E-state index contributed by atoms with van der Waals surface area (Å²) in [6.07, 6.45) is 0. The summed E-state index contributed by atoms with van der Waals surface area (Å²) in [5.41, 5.74) is 1.76. The minimum absolute atomic E-state index is 0.451. The fraction of sp³-hybridized carbons (Fsp3) is 0.462. The first-order valence-corrected chi connectivity index (χ1v) is 11.9. The maximum absolute atomic E-state index is 6.25. The van der Waals surface area contributed by atoms with Crippen molar-refractivity contribution < 1.29 is 4.74 Å². The highest BCUT2D eigenvalue weighted by Gasteiger charge is 2.14. The number of aromatic nitrogens is 2. The first-order chi connectivity index (χ1) is 9.28. The largest absolute Gasteiger partial charge is 0.361 e. The second-order valence-electron chi connectivity index (χ2n) is 5.91. The standard InChI is InChI=1S/C13H17Cl2IN2OSi/c1-20(2,3)5-4-19-8-18-11-6-9(16)13(15)17-10(11)7-12(18)14/h6-7H,4-5,8H2,1-3H3. The van der Waals surface area contributed by atoms with Crippen LogP contribution in [0.4, 0.5) is 0 Å². The van der Waals surface area contributed by atoms with Gasteiger partial charge in [0.05, 0.1) is 14.6 Å². The molecule has 0 spiro atoms. The smallest absolute Gasteiger partial charge is 0.143 e. The Morgan fingerprint density at radius 1 is 1.30 bits per heavy atom. The summed E-state index contributed by atoms with van der Waals surface area (Å²) in [5, 5.41) is 1.13. The van der Waals surface area contributed by atoms with Crippen LogP contribution in [0, 0.1) is 3.57 Å². The Labute approximate surface area is 143 Å². The van der Waals surface area contributed by atoms with Gasteiger partial charge in [0.2, 0.25) is 0 Å².